The Morgan fingerprint density at radius 1 is 1.55 bits per heavy atom. The molecule has 1 aliphatic heterocycles. The van der Waals surface area contributed by atoms with Crippen LogP contribution in [0.1, 0.15) is 27.2 Å². The van der Waals surface area contributed by atoms with Crippen molar-refractivity contribution in [1.29, 1.82) is 0 Å². The van der Waals surface area contributed by atoms with Crippen molar-refractivity contribution in [3.63, 3.8) is 0 Å². The molecule has 0 saturated carbocycles. The summed E-state index contributed by atoms with van der Waals surface area (Å²) in [7, 11) is 0. The first-order valence-corrected chi connectivity index (χ1v) is 6.79. The molecule has 1 aliphatic rings. The van der Waals surface area contributed by atoms with Gasteiger partial charge in [0.2, 0.25) is 0 Å². The lowest BCUT2D eigenvalue weighted by molar-refractivity contribution is 0.0509. The number of nitrogens with one attached hydrogen (secondary N) is 1. The molecule has 1 fully saturated rings. The van der Waals surface area contributed by atoms with Gasteiger partial charge in [-0.05, 0) is 33.3 Å². The van der Waals surface area contributed by atoms with E-state index in [-0.39, 0.29) is 12.1 Å². The molecule has 0 aromatic carbocycles. The highest BCUT2D eigenvalue weighted by atomic mass is 16.6. The van der Waals surface area contributed by atoms with Crippen molar-refractivity contribution in [3.8, 4) is 0 Å². The Kier molecular flexibility index (Phi) is 4.01. The molecule has 0 aliphatic carbocycles. The molecule has 1 amide bonds. The largest absolute Gasteiger partial charge is 0.444 e. The third-order valence-electron chi connectivity index (χ3n) is 3.04. The second-order valence-electron chi connectivity index (χ2n) is 6.02. The van der Waals surface area contributed by atoms with Gasteiger partial charge in [0, 0.05) is 31.0 Å². The molecule has 0 bridgehead atoms. The van der Waals surface area contributed by atoms with Gasteiger partial charge in [0.1, 0.15) is 11.4 Å². The Morgan fingerprint density at radius 2 is 2.30 bits per heavy atom. The van der Waals surface area contributed by atoms with Crippen LogP contribution < -0.4 is 16.0 Å². The van der Waals surface area contributed by atoms with Crippen LogP contribution in [0.3, 0.4) is 0 Å². The van der Waals surface area contributed by atoms with Gasteiger partial charge < -0.3 is 20.7 Å². The second-order valence-corrected chi connectivity index (χ2v) is 6.02. The molecule has 0 radical (unpaired) electrons. The van der Waals surface area contributed by atoms with E-state index in [1.165, 1.54) is 0 Å². The first-order valence-electron chi connectivity index (χ1n) is 6.79. The Hall–Kier alpha value is -1.98. The highest BCUT2D eigenvalue weighted by Gasteiger charge is 2.26. The molecular weight excluding hydrogens is 256 g/mol. The molecule has 6 heteroatoms. The zero-order chi connectivity index (χ0) is 14.8. The molecule has 0 unspecified atom stereocenters. The number of amides is 1. The maximum atomic E-state index is 11.7. The molecular formula is C14H22N4O2. The van der Waals surface area contributed by atoms with Crippen LogP contribution in [0.25, 0.3) is 0 Å². The van der Waals surface area contributed by atoms with Gasteiger partial charge in [-0.2, -0.15) is 0 Å². The summed E-state index contributed by atoms with van der Waals surface area (Å²) in [5.41, 5.74) is 6.25. The highest BCUT2D eigenvalue weighted by molar-refractivity contribution is 5.68. The number of carbonyl (C=O) groups excluding carboxylic acids is 1. The topological polar surface area (TPSA) is 80.5 Å². The van der Waals surface area contributed by atoms with Crippen LogP contribution in [0.4, 0.5) is 16.3 Å². The van der Waals surface area contributed by atoms with Gasteiger partial charge in [0.05, 0.1) is 6.04 Å². The summed E-state index contributed by atoms with van der Waals surface area (Å²) in [6, 6.07) is 3.86. The van der Waals surface area contributed by atoms with Crippen LogP contribution in [0.15, 0.2) is 18.3 Å². The zero-order valence-corrected chi connectivity index (χ0v) is 12.2. The van der Waals surface area contributed by atoms with Crippen LogP contribution >= 0.6 is 0 Å². The summed E-state index contributed by atoms with van der Waals surface area (Å²) in [5.74, 6) is 0.506. The highest BCUT2D eigenvalue weighted by Crippen LogP contribution is 2.21. The van der Waals surface area contributed by atoms with Crippen molar-refractivity contribution in [2.75, 3.05) is 23.7 Å². The fraction of sp³-hybridized carbons (Fsp3) is 0.571. The van der Waals surface area contributed by atoms with E-state index in [0.717, 1.165) is 25.2 Å². The molecule has 2 heterocycles. The summed E-state index contributed by atoms with van der Waals surface area (Å²) < 4.78 is 5.26. The Labute approximate surface area is 119 Å². The van der Waals surface area contributed by atoms with Gasteiger partial charge >= 0.3 is 6.09 Å². The predicted molar refractivity (Wildman–Crippen MR) is 78.6 cm³/mol. The van der Waals surface area contributed by atoms with Gasteiger partial charge in [-0.1, -0.05) is 0 Å². The summed E-state index contributed by atoms with van der Waals surface area (Å²) >= 11 is 0. The monoisotopic (exact) mass is 278 g/mol. The van der Waals surface area contributed by atoms with Crippen molar-refractivity contribution >= 4 is 17.6 Å². The molecule has 20 heavy (non-hydrogen) atoms. The van der Waals surface area contributed by atoms with E-state index in [4.69, 9.17) is 10.5 Å². The lowest BCUT2D eigenvalue weighted by Crippen LogP contribution is -2.40. The molecule has 1 aromatic rings. The van der Waals surface area contributed by atoms with E-state index in [1.807, 2.05) is 32.9 Å². The molecule has 3 N–H and O–H groups in total. The van der Waals surface area contributed by atoms with Crippen molar-refractivity contribution < 1.29 is 9.53 Å². The van der Waals surface area contributed by atoms with Gasteiger partial charge in [-0.25, -0.2) is 9.78 Å². The van der Waals surface area contributed by atoms with E-state index in [0.29, 0.717) is 5.82 Å². The number of carbonyl (C=O) groups is 1. The van der Waals surface area contributed by atoms with Gasteiger partial charge in [0.15, 0.2) is 0 Å². The number of hydrogen-bond donors (Lipinski definition) is 2. The maximum Gasteiger partial charge on any atom is 0.407 e. The number of nitrogens with two attached hydrogens (primary N) is 1. The van der Waals surface area contributed by atoms with Crippen molar-refractivity contribution in [3.05, 3.63) is 18.3 Å². The average molecular weight is 278 g/mol. The summed E-state index contributed by atoms with van der Waals surface area (Å²) in [6.45, 7) is 7.19. The minimum Gasteiger partial charge on any atom is -0.444 e. The number of anilines is 2. The molecule has 6 nitrogen and oxygen atoms in total. The van der Waals surface area contributed by atoms with Crippen molar-refractivity contribution in [1.82, 2.24) is 10.3 Å². The number of nitrogens with zero attached hydrogens (tertiary/aromatic N) is 2. The third kappa shape index (κ3) is 4.01. The van der Waals surface area contributed by atoms with Crippen LogP contribution in [0.5, 0.6) is 0 Å². The van der Waals surface area contributed by atoms with Crippen LogP contribution in [-0.4, -0.2) is 35.8 Å². The van der Waals surface area contributed by atoms with Crippen molar-refractivity contribution in [2.45, 2.75) is 38.8 Å². The van der Waals surface area contributed by atoms with E-state index < -0.39 is 5.60 Å². The predicted octanol–water partition coefficient (Wildman–Crippen LogP) is 1.77. The molecule has 0 spiro atoms. The minimum atomic E-state index is -0.470. The Balaban J connectivity index is 1.88. The maximum absolute atomic E-state index is 11.7. The number of aromatic nitrogens is 1. The number of pyridine rings is 1. The van der Waals surface area contributed by atoms with Crippen LogP contribution in [0, 0.1) is 0 Å². The van der Waals surface area contributed by atoms with Gasteiger partial charge in [0.25, 0.3) is 0 Å². The van der Waals surface area contributed by atoms with E-state index in [1.54, 1.807) is 6.20 Å². The minimum absolute atomic E-state index is 0.0965. The smallest absolute Gasteiger partial charge is 0.407 e. The van der Waals surface area contributed by atoms with E-state index in [9.17, 15) is 4.79 Å². The fourth-order valence-electron chi connectivity index (χ4n) is 2.22. The number of ether oxygens (including phenoxy) is 1. The number of hydrogen-bond acceptors (Lipinski definition) is 5. The standard InChI is InChI=1S/C14H22N4O2/c1-14(2,3)20-13(19)17-10-5-7-18(9-10)11-4-6-16-12(15)8-11/h4,6,8,10H,5,7,9H2,1-3H3,(H2,15,16)(H,17,19)/t10-/m1/s1. The first kappa shape index (κ1) is 14.4. The lowest BCUT2D eigenvalue weighted by atomic mass is 10.2. The molecule has 110 valence electrons. The number of nitrogen functional groups attached to an aromatic ring is 1. The van der Waals surface area contributed by atoms with E-state index in [2.05, 4.69) is 15.2 Å². The Bertz CT molecular complexity index is 484. The third-order valence-corrected chi connectivity index (χ3v) is 3.04. The normalized spacial score (nSPS) is 18.9. The van der Waals surface area contributed by atoms with Crippen molar-refractivity contribution in [2.24, 2.45) is 0 Å². The number of rotatable bonds is 2. The van der Waals surface area contributed by atoms with E-state index >= 15 is 0 Å². The lowest BCUT2D eigenvalue weighted by Gasteiger charge is -2.22. The molecule has 2 rings (SSSR count). The number of alkyl carbamates (subject to hydrolysis) is 1. The zero-order valence-electron chi connectivity index (χ0n) is 12.2. The fourth-order valence-corrected chi connectivity index (χ4v) is 2.22. The summed E-state index contributed by atoms with van der Waals surface area (Å²) in [5, 5.41) is 2.90. The first-order chi connectivity index (χ1) is 9.33. The Morgan fingerprint density at radius 3 is 2.95 bits per heavy atom. The molecule has 1 saturated heterocycles. The summed E-state index contributed by atoms with van der Waals surface area (Å²) in [6.07, 6.45) is 2.22. The quantitative estimate of drug-likeness (QED) is 0.861. The van der Waals surface area contributed by atoms with Crippen LogP contribution in [-0.2, 0) is 4.74 Å². The molecule has 1 aromatic heterocycles. The average Bonchev–Trinajstić information content (AvgIpc) is 2.74. The summed E-state index contributed by atoms with van der Waals surface area (Å²) in [4.78, 5) is 17.9. The second kappa shape index (κ2) is 5.56. The SMILES string of the molecule is CC(C)(C)OC(=O)N[C@@H]1CCN(c2ccnc(N)c2)C1. The van der Waals surface area contributed by atoms with Gasteiger partial charge in [-0.15, -0.1) is 0 Å². The molecule has 1 atom stereocenters. The van der Waals surface area contributed by atoms with Crippen LogP contribution in [0.2, 0.25) is 0 Å². The van der Waals surface area contributed by atoms with Gasteiger partial charge in [-0.3, -0.25) is 0 Å².